The molecule has 2 heterocycles. The standard InChI is InChI=1S/C17H13FN4O4S2/c1-7-13(28-17(19-7)20-8(2)23)12-6-27-15(22-12)14(24)21-9-3-4-10(16(25)26)11(18)5-9/h3-6H,1-2H3,(H,21,24)(H,25,26)(H,19,20,23). The highest BCUT2D eigenvalue weighted by atomic mass is 32.1. The lowest BCUT2D eigenvalue weighted by molar-refractivity contribution is -0.114. The Morgan fingerprint density at radius 2 is 1.93 bits per heavy atom. The molecule has 0 atom stereocenters. The number of carbonyl (C=O) groups excluding carboxylic acids is 2. The molecule has 0 saturated carbocycles. The number of aromatic carboxylic acids is 1. The van der Waals surface area contributed by atoms with E-state index in [-0.39, 0.29) is 16.6 Å². The summed E-state index contributed by atoms with van der Waals surface area (Å²) in [6.07, 6.45) is 0. The van der Waals surface area contributed by atoms with Gasteiger partial charge in [-0.15, -0.1) is 11.3 Å². The Balaban J connectivity index is 1.78. The summed E-state index contributed by atoms with van der Waals surface area (Å²) in [7, 11) is 0. The van der Waals surface area contributed by atoms with Crippen LogP contribution in [0, 0.1) is 12.7 Å². The average molecular weight is 420 g/mol. The maximum atomic E-state index is 13.7. The van der Waals surface area contributed by atoms with Gasteiger partial charge in [0.25, 0.3) is 5.91 Å². The van der Waals surface area contributed by atoms with E-state index in [0.717, 1.165) is 28.3 Å². The number of hydrogen-bond donors (Lipinski definition) is 3. The molecule has 1 aromatic carbocycles. The first-order valence-corrected chi connectivity index (χ1v) is 9.49. The number of aromatic nitrogens is 2. The van der Waals surface area contributed by atoms with Crippen LogP contribution in [-0.2, 0) is 4.79 Å². The van der Waals surface area contributed by atoms with Crippen molar-refractivity contribution in [3.63, 3.8) is 0 Å². The Morgan fingerprint density at radius 3 is 2.57 bits per heavy atom. The quantitative estimate of drug-likeness (QED) is 0.580. The zero-order valence-corrected chi connectivity index (χ0v) is 16.2. The van der Waals surface area contributed by atoms with Crippen LogP contribution in [0.4, 0.5) is 15.2 Å². The van der Waals surface area contributed by atoms with Gasteiger partial charge in [0.2, 0.25) is 5.91 Å². The van der Waals surface area contributed by atoms with Crippen molar-refractivity contribution in [2.45, 2.75) is 13.8 Å². The van der Waals surface area contributed by atoms with Crippen molar-refractivity contribution in [1.82, 2.24) is 9.97 Å². The zero-order chi connectivity index (χ0) is 20.4. The van der Waals surface area contributed by atoms with E-state index >= 15 is 0 Å². The number of amides is 2. The first kappa shape index (κ1) is 19.6. The van der Waals surface area contributed by atoms with Crippen LogP contribution in [-0.4, -0.2) is 32.9 Å². The van der Waals surface area contributed by atoms with Crippen LogP contribution in [0.5, 0.6) is 0 Å². The Kier molecular flexibility index (Phi) is 5.47. The van der Waals surface area contributed by atoms with Crippen LogP contribution in [0.2, 0.25) is 0 Å². The zero-order valence-electron chi connectivity index (χ0n) is 14.6. The molecule has 3 aromatic rings. The van der Waals surface area contributed by atoms with E-state index in [4.69, 9.17) is 5.11 Å². The Bertz CT molecular complexity index is 1090. The smallest absolute Gasteiger partial charge is 0.338 e. The van der Waals surface area contributed by atoms with Gasteiger partial charge in [0.1, 0.15) is 5.82 Å². The predicted octanol–water partition coefficient (Wildman–Crippen LogP) is 3.62. The summed E-state index contributed by atoms with van der Waals surface area (Å²) < 4.78 is 13.7. The molecule has 0 aliphatic carbocycles. The second-order valence-corrected chi connectivity index (χ2v) is 7.46. The summed E-state index contributed by atoms with van der Waals surface area (Å²) in [6, 6.07) is 3.31. The highest BCUT2D eigenvalue weighted by molar-refractivity contribution is 7.19. The normalized spacial score (nSPS) is 10.5. The molecule has 0 fully saturated rings. The third-order valence-corrected chi connectivity index (χ3v) is 5.40. The Morgan fingerprint density at radius 1 is 1.18 bits per heavy atom. The number of carboxylic acid groups (broad SMARTS) is 1. The van der Waals surface area contributed by atoms with Crippen LogP contribution >= 0.6 is 22.7 Å². The van der Waals surface area contributed by atoms with Gasteiger partial charge in [0, 0.05) is 18.0 Å². The monoisotopic (exact) mass is 420 g/mol. The number of rotatable bonds is 5. The van der Waals surface area contributed by atoms with Crippen molar-refractivity contribution in [2.75, 3.05) is 10.6 Å². The number of hydrogen-bond acceptors (Lipinski definition) is 7. The Hall–Kier alpha value is -3.18. The number of thiazole rings is 2. The van der Waals surface area contributed by atoms with Gasteiger partial charge in [-0.1, -0.05) is 11.3 Å². The molecule has 2 aromatic heterocycles. The fraction of sp³-hybridized carbons (Fsp3) is 0.118. The third kappa shape index (κ3) is 4.21. The van der Waals surface area contributed by atoms with Crippen molar-refractivity contribution in [2.24, 2.45) is 0 Å². The molecule has 0 aliphatic heterocycles. The summed E-state index contributed by atoms with van der Waals surface area (Å²) in [5.41, 5.74) is 0.836. The number of aryl methyl sites for hydroxylation is 1. The molecule has 144 valence electrons. The van der Waals surface area contributed by atoms with Crippen molar-refractivity contribution in [3.05, 3.63) is 45.7 Å². The summed E-state index contributed by atoms with van der Waals surface area (Å²) in [4.78, 5) is 43.6. The van der Waals surface area contributed by atoms with Crippen molar-refractivity contribution in [1.29, 1.82) is 0 Å². The predicted molar refractivity (Wildman–Crippen MR) is 104 cm³/mol. The highest BCUT2D eigenvalue weighted by Crippen LogP contribution is 2.33. The molecule has 0 unspecified atom stereocenters. The maximum Gasteiger partial charge on any atom is 0.338 e. The first-order valence-electron chi connectivity index (χ1n) is 7.79. The van der Waals surface area contributed by atoms with Crippen molar-refractivity contribution in [3.8, 4) is 10.6 Å². The van der Waals surface area contributed by atoms with Gasteiger partial charge in [-0.05, 0) is 25.1 Å². The van der Waals surface area contributed by atoms with Crippen LogP contribution < -0.4 is 10.6 Å². The number of halogens is 1. The molecule has 0 aliphatic rings. The lowest BCUT2D eigenvalue weighted by atomic mass is 10.2. The molecule has 0 bridgehead atoms. The van der Waals surface area contributed by atoms with Crippen molar-refractivity contribution >= 4 is 51.3 Å². The number of carbonyl (C=O) groups is 3. The second-order valence-electron chi connectivity index (χ2n) is 5.61. The number of carboxylic acids is 1. The summed E-state index contributed by atoms with van der Waals surface area (Å²) >= 11 is 2.34. The lowest BCUT2D eigenvalue weighted by Gasteiger charge is -2.04. The summed E-state index contributed by atoms with van der Waals surface area (Å²) in [5.74, 6) is -3.13. The molecule has 8 nitrogen and oxygen atoms in total. The van der Waals surface area contributed by atoms with Gasteiger partial charge in [-0.3, -0.25) is 9.59 Å². The lowest BCUT2D eigenvalue weighted by Crippen LogP contribution is -2.12. The minimum Gasteiger partial charge on any atom is -0.478 e. The van der Waals surface area contributed by atoms with Gasteiger partial charge in [-0.2, -0.15) is 0 Å². The van der Waals surface area contributed by atoms with Gasteiger partial charge < -0.3 is 15.7 Å². The van der Waals surface area contributed by atoms with Gasteiger partial charge in [-0.25, -0.2) is 19.2 Å². The fourth-order valence-corrected chi connectivity index (χ4v) is 4.02. The van der Waals surface area contributed by atoms with E-state index in [0.29, 0.717) is 16.5 Å². The number of benzene rings is 1. The first-order chi connectivity index (χ1) is 13.2. The number of nitrogens with one attached hydrogen (secondary N) is 2. The molecule has 11 heteroatoms. The molecule has 0 radical (unpaired) electrons. The highest BCUT2D eigenvalue weighted by Gasteiger charge is 2.18. The van der Waals surface area contributed by atoms with E-state index < -0.39 is 23.3 Å². The molecule has 28 heavy (non-hydrogen) atoms. The third-order valence-electron chi connectivity index (χ3n) is 3.47. The molecule has 0 saturated heterocycles. The molecular weight excluding hydrogens is 407 g/mol. The maximum absolute atomic E-state index is 13.7. The van der Waals surface area contributed by atoms with E-state index in [1.165, 1.54) is 24.3 Å². The van der Waals surface area contributed by atoms with E-state index in [2.05, 4.69) is 20.6 Å². The Labute approximate surface area is 166 Å². The molecule has 3 N–H and O–H groups in total. The molecule has 2 amide bonds. The topological polar surface area (TPSA) is 121 Å². The van der Waals surface area contributed by atoms with Crippen LogP contribution in [0.3, 0.4) is 0 Å². The number of anilines is 2. The minimum absolute atomic E-state index is 0.117. The molecular formula is C17H13FN4O4S2. The SMILES string of the molecule is CC(=O)Nc1nc(C)c(-c2csc(C(=O)Nc3ccc(C(=O)O)c(F)c3)n2)s1. The summed E-state index contributed by atoms with van der Waals surface area (Å²) in [6.45, 7) is 3.15. The van der Waals surface area contributed by atoms with Gasteiger partial charge >= 0.3 is 5.97 Å². The summed E-state index contributed by atoms with van der Waals surface area (Å²) in [5, 5.41) is 16.2. The van der Waals surface area contributed by atoms with Gasteiger partial charge in [0.15, 0.2) is 10.1 Å². The van der Waals surface area contributed by atoms with E-state index in [1.54, 1.807) is 12.3 Å². The van der Waals surface area contributed by atoms with Crippen LogP contribution in [0.25, 0.3) is 10.6 Å². The average Bonchev–Trinajstić information content (AvgIpc) is 3.20. The largest absolute Gasteiger partial charge is 0.478 e. The number of nitrogens with zero attached hydrogens (tertiary/aromatic N) is 2. The molecule has 0 spiro atoms. The van der Waals surface area contributed by atoms with Crippen LogP contribution in [0.15, 0.2) is 23.6 Å². The van der Waals surface area contributed by atoms with E-state index in [9.17, 15) is 18.8 Å². The minimum atomic E-state index is -1.39. The fourth-order valence-electron chi connectivity index (χ4n) is 2.27. The second kappa shape index (κ2) is 7.82. The van der Waals surface area contributed by atoms with Gasteiger partial charge in [0.05, 0.1) is 21.8 Å². The van der Waals surface area contributed by atoms with Crippen LogP contribution in [0.1, 0.15) is 32.8 Å². The molecule has 3 rings (SSSR count). The van der Waals surface area contributed by atoms with E-state index in [1.807, 2.05) is 0 Å². The van der Waals surface area contributed by atoms with Crippen molar-refractivity contribution < 1.29 is 23.9 Å².